The number of aromatic nitrogens is 5. The number of carbonyl (C=O) groups excluding carboxylic acids is 1. The molecule has 8 nitrogen and oxygen atoms in total. The lowest BCUT2D eigenvalue weighted by Crippen LogP contribution is -2.27. The van der Waals surface area contributed by atoms with Crippen LogP contribution in [-0.2, 0) is 0 Å². The van der Waals surface area contributed by atoms with Crippen LogP contribution in [-0.4, -0.2) is 35.6 Å². The molecular weight excluding hydrogens is 296 g/mol. The van der Waals surface area contributed by atoms with Crippen LogP contribution in [0.3, 0.4) is 0 Å². The third-order valence-corrected chi connectivity index (χ3v) is 3.50. The first-order valence-electron chi connectivity index (χ1n) is 7.30. The molecule has 0 aromatic carbocycles. The number of hydrogen-bond donors (Lipinski definition) is 3. The summed E-state index contributed by atoms with van der Waals surface area (Å²) < 4.78 is 1.80. The van der Waals surface area contributed by atoms with Gasteiger partial charge in [0.05, 0.1) is 6.04 Å². The van der Waals surface area contributed by atoms with Crippen LogP contribution in [0.4, 0.5) is 0 Å². The van der Waals surface area contributed by atoms with E-state index in [9.17, 15) is 9.90 Å². The Hall–Kier alpha value is -2.74. The highest BCUT2D eigenvalue weighted by Crippen LogP contribution is 2.12. The molecule has 3 heterocycles. The number of aliphatic hydroxyl groups is 1. The van der Waals surface area contributed by atoms with Gasteiger partial charge < -0.3 is 14.8 Å². The highest BCUT2D eigenvalue weighted by atomic mass is 16.3. The fourth-order valence-electron chi connectivity index (χ4n) is 2.20. The van der Waals surface area contributed by atoms with Gasteiger partial charge in [-0.15, -0.1) is 0 Å². The van der Waals surface area contributed by atoms with Crippen molar-refractivity contribution in [3.63, 3.8) is 0 Å². The van der Waals surface area contributed by atoms with E-state index in [0.29, 0.717) is 17.3 Å². The van der Waals surface area contributed by atoms with Crippen LogP contribution in [0.2, 0.25) is 0 Å². The third-order valence-electron chi connectivity index (χ3n) is 3.50. The third kappa shape index (κ3) is 3.07. The van der Waals surface area contributed by atoms with Crippen LogP contribution in [0.1, 0.15) is 53.7 Å². The number of hydrogen-bond acceptors (Lipinski definition) is 5. The molecule has 0 bridgehead atoms. The zero-order valence-electron chi connectivity index (χ0n) is 13.1. The van der Waals surface area contributed by atoms with E-state index in [1.165, 1.54) is 0 Å². The van der Waals surface area contributed by atoms with E-state index < -0.39 is 6.10 Å². The predicted octanol–water partition coefficient (Wildman–Crippen LogP) is 1.31. The molecular formula is C15H18N6O2. The lowest BCUT2D eigenvalue weighted by atomic mass is 10.3. The van der Waals surface area contributed by atoms with E-state index in [1.807, 2.05) is 25.3 Å². The molecule has 0 radical (unpaired) electrons. The van der Waals surface area contributed by atoms with Gasteiger partial charge in [0.1, 0.15) is 23.3 Å². The molecule has 0 aliphatic heterocycles. The number of nitrogens with zero attached hydrogens (tertiary/aromatic N) is 4. The van der Waals surface area contributed by atoms with Gasteiger partial charge in [0.2, 0.25) is 0 Å². The van der Waals surface area contributed by atoms with Crippen molar-refractivity contribution in [3.05, 3.63) is 47.4 Å². The van der Waals surface area contributed by atoms with Crippen molar-refractivity contribution in [1.82, 2.24) is 29.9 Å². The van der Waals surface area contributed by atoms with Gasteiger partial charge in [0.25, 0.3) is 5.91 Å². The molecule has 3 aromatic rings. The minimum Gasteiger partial charge on any atom is -0.385 e. The van der Waals surface area contributed by atoms with Crippen molar-refractivity contribution in [3.8, 4) is 0 Å². The number of imidazole rings is 1. The number of amides is 1. The Morgan fingerprint density at radius 3 is 2.87 bits per heavy atom. The summed E-state index contributed by atoms with van der Waals surface area (Å²) in [5, 5.41) is 18.9. The standard InChI is InChI=1S/C15H18N6O2/c1-8-4-5-21-7-11(17-12(21)6-8)15(23)16-9(2)13-18-14(10(3)22)20-19-13/h4-7,9-10,22H,1-3H3,(H,16,23)(H,18,19,20). The number of carbonyl (C=O) groups is 1. The molecule has 0 fully saturated rings. The van der Waals surface area contributed by atoms with Crippen LogP contribution in [0.25, 0.3) is 5.65 Å². The molecule has 120 valence electrons. The van der Waals surface area contributed by atoms with Crippen molar-refractivity contribution in [2.75, 3.05) is 0 Å². The molecule has 3 rings (SSSR count). The SMILES string of the molecule is Cc1ccn2cc(C(=O)NC(C)c3nc(C(C)O)n[nH]3)nc2c1. The number of aromatic amines is 1. The number of nitrogens with one attached hydrogen (secondary N) is 2. The zero-order chi connectivity index (χ0) is 16.6. The van der Waals surface area contributed by atoms with Crippen LogP contribution < -0.4 is 5.32 Å². The minimum atomic E-state index is -0.760. The van der Waals surface area contributed by atoms with Gasteiger partial charge in [-0.2, -0.15) is 5.10 Å². The zero-order valence-corrected chi connectivity index (χ0v) is 13.1. The van der Waals surface area contributed by atoms with Crippen molar-refractivity contribution in [2.24, 2.45) is 0 Å². The molecule has 2 atom stereocenters. The number of rotatable bonds is 4. The maximum absolute atomic E-state index is 12.3. The van der Waals surface area contributed by atoms with Gasteiger partial charge in [-0.05, 0) is 38.5 Å². The van der Waals surface area contributed by atoms with E-state index in [0.717, 1.165) is 11.2 Å². The summed E-state index contributed by atoms with van der Waals surface area (Å²) in [4.78, 5) is 20.8. The number of H-pyrrole nitrogens is 1. The van der Waals surface area contributed by atoms with Crippen LogP contribution in [0.5, 0.6) is 0 Å². The summed E-state index contributed by atoms with van der Waals surface area (Å²) >= 11 is 0. The Balaban J connectivity index is 1.76. The normalized spacial score (nSPS) is 13.9. The minimum absolute atomic E-state index is 0.296. The maximum atomic E-state index is 12.3. The highest BCUT2D eigenvalue weighted by Gasteiger charge is 2.18. The lowest BCUT2D eigenvalue weighted by Gasteiger charge is -2.09. The first-order chi connectivity index (χ1) is 10.9. The van der Waals surface area contributed by atoms with Crippen LogP contribution in [0.15, 0.2) is 24.5 Å². The second-order valence-corrected chi connectivity index (χ2v) is 5.55. The Labute approximate surface area is 132 Å². The van der Waals surface area contributed by atoms with Gasteiger partial charge in [0, 0.05) is 12.4 Å². The molecule has 8 heteroatoms. The van der Waals surface area contributed by atoms with E-state index >= 15 is 0 Å². The van der Waals surface area contributed by atoms with Crippen molar-refractivity contribution < 1.29 is 9.90 Å². The van der Waals surface area contributed by atoms with E-state index in [-0.39, 0.29) is 11.9 Å². The summed E-state index contributed by atoms with van der Waals surface area (Å²) in [5.41, 5.74) is 2.13. The Kier molecular flexibility index (Phi) is 3.83. The molecule has 3 N–H and O–H groups in total. The van der Waals surface area contributed by atoms with E-state index in [1.54, 1.807) is 24.4 Å². The molecule has 23 heavy (non-hydrogen) atoms. The summed E-state index contributed by atoms with van der Waals surface area (Å²) in [7, 11) is 0. The summed E-state index contributed by atoms with van der Waals surface area (Å²) in [6.45, 7) is 5.33. The smallest absolute Gasteiger partial charge is 0.272 e. The molecule has 0 saturated carbocycles. The van der Waals surface area contributed by atoms with Gasteiger partial charge >= 0.3 is 0 Å². The second kappa shape index (κ2) is 5.81. The quantitative estimate of drug-likeness (QED) is 0.673. The molecule has 3 aromatic heterocycles. The number of aryl methyl sites for hydroxylation is 1. The van der Waals surface area contributed by atoms with Gasteiger partial charge in [-0.25, -0.2) is 9.97 Å². The van der Waals surface area contributed by atoms with Crippen LogP contribution in [0, 0.1) is 6.92 Å². The topological polar surface area (TPSA) is 108 Å². The number of fused-ring (bicyclic) bond motifs is 1. The van der Waals surface area contributed by atoms with Crippen molar-refractivity contribution in [2.45, 2.75) is 32.9 Å². The number of pyridine rings is 1. The summed E-state index contributed by atoms with van der Waals surface area (Å²) in [6, 6.07) is 3.48. The van der Waals surface area contributed by atoms with E-state index in [4.69, 9.17) is 0 Å². The van der Waals surface area contributed by atoms with Gasteiger partial charge in [-0.3, -0.25) is 9.89 Å². The Morgan fingerprint density at radius 2 is 2.17 bits per heavy atom. The molecule has 2 unspecified atom stereocenters. The van der Waals surface area contributed by atoms with Crippen LogP contribution >= 0.6 is 0 Å². The van der Waals surface area contributed by atoms with Gasteiger partial charge in [-0.1, -0.05) is 0 Å². The second-order valence-electron chi connectivity index (χ2n) is 5.55. The summed E-state index contributed by atoms with van der Waals surface area (Å²) in [6.07, 6.45) is 2.78. The van der Waals surface area contributed by atoms with Gasteiger partial charge in [0.15, 0.2) is 5.82 Å². The first kappa shape index (κ1) is 15.2. The monoisotopic (exact) mass is 314 g/mol. The largest absolute Gasteiger partial charge is 0.385 e. The van der Waals surface area contributed by atoms with Crippen molar-refractivity contribution >= 4 is 11.6 Å². The lowest BCUT2D eigenvalue weighted by molar-refractivity contribution is 0.0934. The molecule has 1 amide bonds. The molecule has 0 aliphatic rings. The molecule has 0 spiro atoms. The van der Waals surface area contributed by atoms with Crippen molar-refractivity contribution in [1.29, 1.82) is 0 Å². The molecule has 0 saturated heterocycles. The first-order valence-corrected chi connectivity index (χ1v) is 7.30. The Morgan fingerprint density at radius 1 is 1.39 bits per heavy atom. The highest BCUT2D eigenvalue weighted by molar-refractivity contribution is 5.93. The summed E-state index contributed by atoms with van der Waals surface area (Å²) in [5.74, 6) is 0.479. The molecule has 0 aliphatic carbocycles. The maximum Gasteiger partial charge on any atom is 0.272 e. The fraction of sp³-hybridized carbons (Fsp3) is 0.333. The average Bonchev–Trinajstić information content (AvgIpc) is 3.13. The number of aliphatic hydroxyl groups excluding tert-OH is 1. The average molecular weight is 314 g/mol. The predicted molar refractivity (Wildman–Crippen MR) is 82.8 cm³/mol. The Bertz CT molecular complexity index is 851. The fourth-order valence-corrected chi connectivity index (χ4v) is 2.20. The van der Waals surface area contributed by atoms with E-state index in [2.05, 4.69) is 25.5 Å².